The number of aromatic nitrogens is 3. The number of aliphatic hydroxyl groups excluding tert-OH is 1. The van der Waals surface area contributed by atoms with Gasteiger partial charge in [0.1, 0.15) is 5.75 Å². The fourth-order valence-corrected chi connectivity index (χ4v) is 2.34. The summed E-state index contributed by atoms with van der Waals surface area (Å²) in [5.41, 5.74) is 1.94. The first-order valence-corrected chi connectivity index (χ1v) is 8.56. The van der Waals surface area contributed by atoms with Crippen molar-refractivity contribution in [2.75, 3.05) is 36.2 Å². The third-order valence-corrected chi connectivity index (χ3v) is 3.67. The standard InChI is InChI=1S/C19H22N6O2/c1-27-16-9-7-15(8-10-16)22-19-24-17(20-11-12-26)23-18(25-19)21-13-14-5-3-2-4-6-14/h2-10,26H,11-13H2,1H3,(H3,20,21,22,23,24,25). The average molecular weight is 366 g/mol. The SMILES string of the molecule is COc1ccc(Nc2nc(NCCO)nc(NCc3ccccc3)n2)cc1. The van der Waals surface area contributed by atoms with Crippen LogP contribution in [0.15, 0.2) is 54.6 Å². The second-order valence-electron chi connectivity index (χ2n) is 5.65. The van der Waals surface area contributed by atoms with Crippen LogP contribution in [0.1, 0.15) is 5.56 Å². The van der Waals surface area contributed by atoms with Crippen LogP contribution in [0.2, 0.25) is 0 Å². The minimum absolute atomic E-state index is 0.0142. The van der Waals surface area contributed by atoms with Crippen molar-refractivity contribution in [1.82, 2.24) is 15.0 Å². The van der Waals surface area contributed by atoms with E-state index >= 15 is 0 Å². The highest BCUT2D eigenvalue weighted by atomic mass is 16.5. The summed E-state index contributed by atoms with van der Waals surface area (Å²) >= 11 is 0. The maximum atomic E-state index is 9.03. The van der Waals surface area contributed by atoms with Crippen LogP contribution in [0.4, 0.5) is 23.5 Å². The van der Waals surface area contributed by atoms with Crippen LogP contribution >= 0.6 is 0 Å². The summed E-state index contributed by atoms with van der Waals surface area (Å²) < 4.78 is 5.16. The topological polar surface area (TPSA) is 104 Å². The number of benzene rings is 2. The molecule has 0 atom stereocenters. The fourth-order valence-electron chi connectivity index (χ4n) is 2.34. The monoisotopic (exact) mass is 366 g/mol. The summed E-state index contributed by atoms with van der Waals surface area (Å²) in [6, 6.07) is 17.4. The molecule has 0 aliphatic rings. The van der Waals surface area contributed by atoms with Crippen LogP contribution in [0.5, 0.6) is 5.75 Å². The van der Waals surface area contributed by atoms with Crippen LogP contribution in [-0.2, 0) is 6.54 Å². The summed E-state index contributed by atoms with van der Waals surface area (Å²) in [5, 5.41) is 18.3. The molecule has 8 heteroatoms. The molecule has 0 aliphatic carbocycles. The van der Waals surface area contributed by atoms with E-state index in [1.54, 1.807) is 7.11 Å². The lowest BCUT2D eigenvalue weighted by Gasteiger charge is -2.11. The van der Waals surface area contributed by atoms with Crippen molar-refractivity contribution < 1.29 is 9.84 Å². The van der Waals surface area contributed by atoms with Crippen molar-refractivity contribution in [1.29, 1.82) is 0 Å². The van der Waals surface area contributed by atoms with E-state index in [4.69, 9.17) is 9.84 Å². The lowest BCUT2D eigenvalue weighted by Crippen LogP contribution is -2.13. The van der Waals surface area contributed by atoms with Gasteiger partial charge in [-0.3, -0.25) is 0 Å². The third-order valence-electron chi connectivity index (χ3n) is 3.67. The number of hydrogen-bond donors (Lipinski definition) is 4. The molecule has 0 aliphatic heterocycles. The highest BCUT2D eigenvalue weighted by Gasteiger charge is 2.07. The Balaban J connectivity index is 1.76. The molecule has 2 aromatic carbocycles. The van der Waals surface area contributed by atoms with E-state index < -0.39 is 0 Å². The van der Waals surface area contributed by atoms with Crippen molar-refractivity contribution in [2.24, 2.45) is 0 Å². The number of anilines is 4. The molecular weight excluding hydrogens is 344 g/mol. The Morgan fingerprint density at radius 1 is 0.852 bits per heavy atom. The molecule has 140 valence electrons. The van der Waals surface area contributed by atoms with E-state index in [0.29, 0.717) is 30.9 Å². The minimum atomic E-state index is -0.0142. The van der Waals surface area contributed by atoms with Crippen LogP contribution < -0.4 is 20.7 Å². The number of nitrogens with zero attached hydrogens (tertiary/aromatic N) is 3. The van der Waals surface area contributed by atoms with Gasteiger partial charge in [0, 0.05) is 18.8 Å². The van der Waals surface area contributed by atoms with Crippen molar-refractivity contribution in [3.05, 3.63) is 60.2 Å². The van der Waals surface area contributed by atoms with E-state index in [0.717, 1.165) is 17.0 Å². The first kappa shape index (κ1) is 18.4. The summed E-state index contributed by atoms with van der Waals surface area (Å²) in [6.45, 7) is 0.927. The fraction of sp³-hybridized carbons (Fsp3) is 0.211. The zero-order chi connectivity index (χ0) is 18.9. The molecule has 0 amide bonds. The first-order valence-electron chi connectivity index (χ1n) is 8.56. The van der Waals surface area contributed by atoms with Gasteiger partial charge in [-0.1, -0.05) is 30.3 Å². The summed E-state index contributed by atoms with van der Waals surface area (Å²) in [6.07, 6.45) is 0. The molecular formula is C19H22N6O2. The molecule has 3 aromatic rings. The molecule has 0 radical (unpaired) electrons. The molecule has 27 heavy (non-hydrogen) atoms. The smallest absolute Gasteiger partial charge is 0.233 e. The van der Waals surface area contributed by atoms with Crippen LogP contribution in [-0.4, -0.2) is 40.3 Å². The van der Waals surface area contributed by atoms with Crippen molar-refractivity contribution in [3.63, 3.8) is 0 Å². The molecule has 0 saturated carbocycles. The summed E-state index contributed by atoms with van der Waals surface area (Å²) in [5.74, 6) is 1.98. The molecule has 1 aromatic heterocycles. The summed E-state index contributed by atoms with van der Waals surface area (Å²) in [7, 11) is 1.62. The number of ether oxygens (including phenoxy) is 1. The quantitative estimate of drug-likeness (QED) is 0.458. The van der Waals surface area contributed by atoms with Gasteiger partial charge in [0.15, 0.2) is 0 Å². The van der Waals surface area contributed by atoms with Crippen molar-refractivity contribution in [3.8, 4) is 5.75 Å². The van der Waals surface area contributed by atoms with Gasteiger partial charge in [-0.2, -0.15) is 15.0 Å². The molecule has 0 bridgehead atoms. The maximum Gasteiger partial charge on any atom is 0.233 e. The number of methoxy groups -OCH3 is 1. The van der Waals surface area contributed by atoms with Gasteiger partial charge in [0.2, 0.25) is 17.8 Å². The Bertz CT molecular complexity index is 843. The van der Waals surface area contributed by atoms with E-state index in [1.807, 2.05) is 54.6 Å². The number of nitrogens with one attached hydrogen (secondary N) is 3. The molecule has 0 unspecified atom stereocenters. The highest BCUT2D eigenvalue weighted by Crippen LogP contribution is 2.19. The predicted octanol–water partition coefficient (Wildman–Crippen LogP) is 2.64. The van der Waals surface area contributed by atoms with Crippen LogP contribution in [0.25, 0.3) is 0 Å². The second-order valence-corrected chi connectivity index (χ2v) is 5.65. The zero-order valence-corrected chi connectivity index (χ0v) is 15.0. The molecule has 0 spiro atoms. The third kappa shape index (κ3) is 5.55. The summed E-state index contributed by atoms with van der Waals surface area (Å²) in [4.78, 5) is 13.1. The molecule has 0 fully saturated rings. The Morgan fingerprint density at radius 3 is 2.19 bits per heavy atom. The largest absolute Gasteiger partial charge is 0.497 e. The van der Waals surface area contributed by atoms with Crippen molar-refractivity contribution >= 4 is 23.5 Å². The normalized spacial score (nSPS) is 10.3. The van der Waals surface area contributed by atoms with Crippen molar-refractivity contribution in [2.45, 2.75) is 6.54 Å². The van der Waals surface area contributed by atoms with Gasteiger partial charge in [-0.15, -0.1) is 0 Å². The van der Waals surface area contributed by atoms with E-state index in [-0.39, 0.29) is 6.61 Å². The van der Waals surface area contributed by atoms with Gasteiger partial charge in [0.05, 0.1) is 13.7 Å². The van der Waals surface area contributed by atoms with Gasteiger partial charge in [0.25, 0.3) is 0 Å². The van der Waals surface area contributed by atoms with Gasteiger partial charge in [-0.25, -0.2) is 0 Å². The Morgan fingerprint density at radius 2 is 1.52 bits per heavy atom. The Labute approximate surface area is 157 Å². The number of rotatable bonds is 9. The zero-order valence-electron chi connectivity index (χ0n) is 15.0. The number of aliphatic hydroxyl groups is 1. The van der Waals surface area contributed by atoms with Crippen LogP contribution in [0.3, 0.4) is 0 Å². The molecule has 4 N–H and O–H groups in total. The molecule has 3 rings (SSSR count). The van der Waals surface area contributed by atoms with Gasteiger partial charge in [-0.05, 0) is 29.8 Å². The van der Waals surface area contributed by atoms with E-state index in [2.05, 4.69) is 30.9 Å². The molecule has 0 saturated heterocycles. The van der Waals surface area contributed by atoms with Gasteiger partial charge >= 0.3 is 0 Å². The molecule has 1 heterocycles. The number of hydrogen-bond acceptors (Lipinski definition) is 8. The lowest BCUT2D eigenvalue weighted by atomic mass is 10.2. The van der Waals surface area contributed by atoms with Crippen LogP contribution in [0, 0.1) is 0 Å². The first-order chi connectivity index (χ1) is 13.3. The van der Waals surface area contributed by atoms with E-state index in [1.165, 1.54) is 0 Å². The highest BCUT2D eigenvalue weighted by molar-refractivity contribution is 5.56. The average Bonchev–Trinajstić information content (AvgIpc) is 2.72. The van der Waals surface area contributed by atoms with E-state index in [9.17, 15) is 0 Å². The lowest BCUT2D eigenvalue weighted by molar-refractivity contribution is 0.311. The van der Waals surface area contributed by atoms with Gasteiger partial charge < -0.3 is 25.8 Å². The second kappa shape index (κ2) is 9.35. The maximum absolute atomic E-state index is 9.03. The Kier molecular flexibility index (Phi) is 6.37. The minimum Gasteiger partial charge on any atom is -0.497 e. The Hall–Kier alpha value is -3.39. The molecule has 8 nitrogen and oxygen atoms in total. The predicted molar refractivity (Wildman–Crippen MR) is 105 cm³/mol.